The van der Waals surface area contributed by atoms with Crippen molar-refractivity contribution in [2.75, 3.05) is 6.54 Å². The summed E-state index contributed by atoms with van der Waals surface area (Å²) in [6, 6.07) is 8.58. The Morgan fingerprint density at radius 3 is 2.41 bits per heavy atom. The van der Waals surface area contributed by atoms with E-state index in [4.69, 9.17) is 5.73 Å². The van der Waals surface area contributed by atoms with E-state index in [2.05, 4.69) is 61.9 Å². The van der Waals surface area contributed by atoms with Gasteiger partial charge in [-0.15, -0.1) is 0 Å². The Morgan fingerprint density at radius 1 is 1.23 bits per heavy atom. The summed E-state index contributed by atoms with van der Waals surface area (Å²) in [6.07, 6.45) is 5.39. The first-order valence-electron chi connectivity index (χ1n) is 7.67. The van der Waals surface area contributed by atoms with Gasteiger partial charge < -0.3 is 5.73 Å². The summed E-state index contributed by atoms with van der Waals surface area (Å²) in [7, 11) is 0. The molecule has 0 amide bonds. The standard InChI is InChI=1S/C19H27N3/c1-6-7-12-21-19(20)22-13-18(14(2)3)16(5)17-10-8-15(4)9-11-17/h6-12,14H,13H2,1-5H3,(H2,20,22)/b7-6-,18-16-,21-12-. The summed E-state index contributed by atoms with van der Waals surface area (Å²) in [5, 5.41) is 0. The maximum atomic E-state index is 5.82. The number of nitrogens with two attached hydrogens (primary N) is 1. The molecule has 2 N–H and O–H groups in total. The lowest BCUT2D eigenvalue weighted by Gasteiger charge is -2.15. The maximum Gasteiger partial charge on any atom is 0.215 e. The number of hydrogen-bond acceptors (Lipinski definition) is 1. The van der Waals surface area contributed by atoms with Crippen LogP contribution in [0.1, 0.15) is 38.8 Å². The third-order valence-electron chi connectivity index (χ3n) is 3.56. The van der Waals surface area contributed by atoms with Gasteiger partial charge in [-0.3, -0.25) is 0 Å². The number of benzene rings is 1. The topological polar surface area (TPSA) is 50.7 Å². The van der Waals surface area contributed by atoms with E-state index in [1.807, 2.05) is 19.1 Å². The van der Waals surface area contributed by atoms with Crippen molar-refractivity contribution in [3.05, 3.63) is 53.1 Å². The lowest BCUT2D eigenvalue weighted by Crippen LogP contribution is -2.11. The number of allylic oxidation sites excluding steroid dienone is 3. The summed E-state index contributed by atoms with van der Waals surface area (Å²) in [4.78, 5) is 8.47. The zero-order valence-electron chi connectivity index (χ0n) is 14.3. The zero-order valence-corrected chi connectivity index (χ0v) is 14.3. The third-order valence-corrected chi connectivity index (χ3v) is 3.56. The van der Waals surface area contributed by atoms with Crippen molar-refractivity contribution in [2.24, 2.45) is 21.6 Å². The molecule has 1 rings (SSSR count). The van der Waals surface area contributed by atoms with Gasteiger partial charge >= 0.3 is 0 Å². The molecule has 0 radical (unpaired) electrons. The summed E-state index contributed by atoms with van der Waals surface area (Å²) in [5.74, 6) is 0.727. The molecule has 0 atom stereocenters. The molecule has 0 saturated carbocycles. The lowest BCUT2D eigenvalue weighted by atomic mass is 9.93. The predicted octanol–water partition coefficient (Wildman–Crippen LogP) is 4.39. The van der Waals surface area contributed by atoms with Crippen LogP contribution >= 0.6 is 0 Å². The second-order valence-corrected chi connectivity index (χ2v) is 5.65. The summed E-state index contributed by atoms with van der Waals surface area (Å²) in [6.45, 7) is 11.1. The van der Waals surface area contributed by atoms with Crippen molar-refractivity contribution < 1.29 is 0 Å². The van der Waals surface area contributed by atoms with Crippen molar-refractivity contribution in [1.82, 2.24) is 0 Å². The molecule has 0 aliphatic carbocycles. The van der Waals surface area contributed by atoms with Gasteiger partial charge in [-0.05, 0) is 49.5 Å². The third kappa shape index (κ3) is 5.68. The van der Waals surface area contributed by atoms with Gasteiger partial charge in [0.1, 0.15) is 0 Å². The number of guanidine groups is 1. The Labute approximate surface area is 134 Å². The average Bonchev–Trinajstić information content (AvgIpc) is 2.48. The smallest absolute Gasteiger partial charge is 0.215 e. The Bertz CT molecular complexity index is 588. The van der Waals surface area contributed by atoms with Gasteiger partial charge in [-0.25, -0.2) is 9.98 Å². The fourth-order valence-corrected chi connectivity index (χ4v) is 2.14. The van der Waals surface area contributed by atoms with Crippen LogP contribution in [0.25, 0.3) is 5.57 Å². The summed E-state index contributed by atoms with van der Waals surface area (Å²) >= 11 is 0. The number of aryl methyl sites for hydroxylation is 1. The van der Waals surface area contributed by atoms with Crippen molar-refractivity contribution in [1.29, 1.82) is 0 Å². The average molecular weight is 297 g/mol. The molecule has 0 aromatic heterocycles. The molecule has 3 nitrogen and oxygen atoms in total. The number of aliphatic imine (C=N–C) groups is 2. The first-order valence-corrected chi connectivity index (χ1v) is 7.67. The molecule has 118 valence electrons. The second-order valence-electron chi connectivity index (χ2n) is 5.65. The van der Waals surface area contributed by atoms with Crippen LogP contribution in [0.2, 0.25) is 0 Å². The van der Waals surface area contributed by atoms with Crippen LogP contribution in [0.5, 0.6) is 0 Å². The second kappa shape index (κ2) is 8.98. The Balaban J connectivity index is 3.00. The van der Waals surface area contributed by atoms with E-state index < -0.39 is 0 Å². The molecule has 0 bridgehead atoms. The lowest BCUT2D eigenvalue weighted by molar-refractivity contribution is 0.748. The van der Waals surface area contributed by atoms with E-state index in [-0.39, 0.29) is 0 Å². The van der Waals surface area contributed by atoms with E-state index in [9.17, 15) is 0 Å². The van der Waals surface area contributed by atoms with Crippen molar-refractivity contribution in [2.45, 2.75) is 34.6 Å². The molecular formula is C19H27N3. The quantitative estimate of drug-likeness (QED) is 0.636. The van der Waals surface area contributed by atoms with Crippen molar-refractivity contribution in [3.63, 3.8) is 0 Å². The van der Waals surface area contributed by atoms with Crippen LogP contribution in [0.3, 0.4) is 0 Å². The minimum atomic E-state index is 0.313. The largest absolute Gasteiger partial charge is 0.368 e. The molecule has 1 aromatic rings. The molecule has 0 heterocycles. The molecule has 22 heavy (non-hydrogen) atoms. The molecule has 1 aromatic carbocycles. The summed E-state index contributed by atoms with van der Waals surface area (Å²) < 4.78 is 0. The maximum absolute atomic E-state index is 5.82. The monoisotopic (exact) mass is 297 g/mol. The van der Waals surface area contributed by atoms with Gasteiger partial charge in [-0.2, -0.15) is 0 Å². The van der Waals surface area contributed by atoms with Gasteiger partial charge in [-0.1, -0.05) is 49.8 Å². The van der Waals surface area contributed by atoms with Crippen LogP contribution in [0, 0.1) is 12.8 Å². The summed E-state index contributed by atoms with van der Waals surface area (Å²) in [5.41, 5.74) is 10.9. The van der Waals surface area contributed by atoms with Crippen LogP contribution in [-0.2, 0) is 0 Å². The highest BCUT2D eigenvalue weighted by atomic mass is 15.0. The molecule has 0 unspecified atom stereocenters. The minimum Gasteiger partial charge on any atom is -0.368 e. The highest BCUT2D eigenvalue weighted by Gasteiger charge is 2.09. The van der Waals surface area contributed by atoms with Gasteiger partial charge in [0.25, 0.3) is 0 Å². The fraction of sp³-hybridized carbons (Fsp3) is 0.368. The number of rotatable bonds is 5. The van der Waals surface area contributed by atoms with E-state index >= 15 is 0 Å². The molecule has 0 saturated heterocycles. The molecule has 0 aliphatic rings. The fourth-order valence-electron chi connectivity index (χ4n) is 2.14. The Hall–Kier alpha value is -2.16. The first kappa shape index (κ1) is 17.9. The van der Waals surface area contributed by atoms with Crippen molar-refractivity contribution >= 4 is 17.7 Å². The molecule has 3 heteroatoms. The van der Waals surface area contributed by atoms with Crippen LogP contribution < -0.4 is 5.73 Å². The van der Waals surface area contributed by atoms with E-state index in [0.717, 1.165) is 0 Å². The zero-order chi connectivity index (χ0) is 16.5. The highest BCUT2D eigenvalue weighted by Crippen LogP contribution is 2.24. The van der Waals surface area contributed by atoms with Crippen LogP contribution in [0.15, 0.2) is 52.0 Å². The van der Waals surface area contributed by atoms with E-state index in [0.29, 0.717) is 18.4 Å². The van der Waals surface area contributed by atoms with E-state index in [1.165, 1.54) is 22.3 Å². The Kier molecular flexibility index (Phi) is 7.30. The molecule has 0 spiro atoms. The minimum absolute atomic E-state index is 0.313. The van der Waals surface area contributed by atoms with Crippen LogP contribution in [-0.4, -0.2) is 18.7 Å². The highest BCUT2D eigenvalue weighted by molar-refractivity contribution is 5.89. The molecule has 0 aliphatic heterocycles. The molecular weight excluding hydrogens is 270 g/mol. The predicted molar refractivity (Wildman–Crippen MR) is 98.4 cm³/mol. The van der Waals surface area contributed by atoms with Crippen molar-refractivity contribution in [3.8, 4) is 0 Å². The Morgan fingerprint density at radius 2 is 1.86 bits per heavy atom. The van der Waals surface area contributed by atoms with Gasteiger partial charge in [0.05, 0.1) is 6.54 Å². The normalized spacial score (nSPS) is 14.2. The molecule has 0 fully saturated rings. The number of hydrogen-bond donors (Lipinski definition) is 1. The first-order chi connectivity index (χ1) is 10.5. The van der Waals surface area contributed by atoms with Crippen LogP contribution in [0.4, 0.5) is 0 Å². The van der Waals surface area contributed by atoms with E-state index in [1.54, 1.807) is 6.21 Å². The van der Waals surface area contributed by atoms with Gasteiger partial charge in [0.15, 0.2) is 0 Å². The van der Waals surface area contributed by atoms with Gasteiger partial charge in [0.2, 0.25) is 5.96 Å². The SMILES string of the molecule is C/C=C\C=N/C(N)=NC/C(=C(\C)c1ccc(C)cc1)C(C)C. The van der Waals surface area contributed by atoms with Gasteiger partial charge in [0, 0.05) is 6.21 Å². The number of nitrogens with zero attached hydrogens (tertiary/aromatic N) is 2.